The van der Waals surface area contributed by atoms with Crippen LogP contribution in [0.3, 0.4) is 0 Å². The van der Waals surface area contributed by atoms with E-state index in [0.29, 0.717) is 24.8 Å². The van der Waals surface area contributed by atoms with Crippen molar-refractivity contribution in [2.75, 3.05) is 20.1 Å². The predicted molar refractivity (Wildman–Crippen MR) is 80.1 cm³/mol. The summed E-state index contributed by atoms with van der Waals surface area (Å²) in [5.74, 6) is 1.32. The van der Waals surface area contributed by atoms with E-state index in [-0.39, 0.29) is 5.91 Å². The Hall–Kier alpha value is -1.42. The molecule has 0 radical (unpaired) electrons. The van der Waals surface area contributed by atoms with E-state index in [1.54, 1.807) is 6.20 Å². The summed E-state index contributed by atoms with van der Waals surface area (Å²) in [5, 5.41) is 3.42. The SMILES string of the molecule is CC(CC(=O)N(C)Cc1cccnc1)C1CCCNC1. The van der Waals surface area contributed by atoms with E-state index in [9.17, 15) is 4.79 Å². The predicted octanol–water partition coefficient (Wildman–Crippen LogP) is 2.07. The normalized spacial score (nSPS) is 20.4. The Morgan fingerprint density at radius 1 is 1.60 bits per heavy atom. The summed E-state index contributed by atoms with van der Waals surface area (Å²) >= 11 is 0. The maximum atomic E-state index is 12.3. The van der Waals surface area contributed by atoms with Gasteiger partial charge in [-0.3, -0.25) is 9.78 Å². The van der Waals surface area contributed by atoms with Crippen LogP contribution in [0.15, 0.2) is 24.5 Å². The van der Waals surface area contributed by atoms with Gasteiger partial charge < -0.3 is 10.2 Å². The van der Waals surface area contributed by atoms with Crippen molar-refractivity contribution in [1.29, 1.82) is 0 Å². The second kappa shape index (κ2) is 7.39. The molecular formula is C16H25N3O. The molecule has 1 aromatic rings. The van der Waals surface area contributed by atoms with Crippen LogP contribution >= 0.6 is 0 Å². The number of nitrogens with one attached hydrogen (secondary N) is 1. The molecule has 4 heteroatoms. The van der Waals surface area contributed by atoms with Crippen LogP contribution in [0.25, 0.3) is 0 Å². The van der Waals surface area contributed by atoms with Crippen LogP contribution in [-0.2, 0) is 11.3 Å². The van der Waals surface area contributed by atoms with Gasteiger partial charge in [-0.05, 0) is 49.4 Å². The van der Waals surface area contributed by atoms with Crippen molar-refractivity contribution in [3.63, 3.8) is 0 Å². The first-order valence-electron chi connectivity index (χ1n) is 7.50. The van der Waals surface area contributed by atoms with E-state index >= 15 is 0 Å². The molecule has 1 amide bonds. The average Bonchev–Trinajstić information content (AvgIpc) is 2.49. The Balaban J connectivity index is 1.81. The smallest absolute Gasteiger partial charge is 0.222 e. The van der Waals surface area contributed by atoms with Crippen molar-refractivity contribution in [2.45, 2.75) is 32.7 Å². The molecule has 1 aliphatic rings. The van der Waals surface area contributed by atoms with E-state index in [1.165, 1.54) is 12.8 Å². The monoisotopic (exact) mass is 275 g/mol. The van der Waals surface area contributed by atoms with Crippen molar-refractivity contribution in [3.8, 4) is 0 Å². The quantitative estimate of drug-likeness (QED) is 0.894. The van der Waals surface area contributed by atoms with Gasteiger partial charge in [0.15, 0.2) is 0 Å². The highest BCUT2D eigenvalue weighted by Gasteiger charge is 2.23. The number of aromatic nitrogens is 1. The molecule has 2 heterocycles. The van der Waals surface area contributed by atoms with Crippen LogP contribution in [0.5, 0.6) is 0 Å². The number of rotatable bonds is 5. The van der Waals surface area contributed by atoms with Crippen LogP contribution in [0, 0.1) is 11.8 Å². The first-order valence-corrected chi connectivity index (χ1v) is 7.50. The first kappa shape index (κ1) is 15.0. The summed E-state index contributed by atoms with van der Waals surface area (Å²) in [6.45, 7) is 5.02. The van der Waals surface area contributed by atoms with Crippen LogP contribution < -0.4 is 5.32 Å². The molecule has 0 aromatic carbocycles. The van der Waals surface area contributed by atoms with Crippen LogP contribution in [0.1, 0.15) is 31.7 Å². The zero-order valence-corrected chi connectivity index (χ0v) is 12.5. The van der Waals surface area contributed by atoms with E-state index in [1.807, 2.05) is 30.3 Å². The second-order valence-corrected chi connectivity index (χ2v) is 5.90. The lowest BCUT2D eigenvalue weighted by Gasteiger charge is -2.29. The summed E-state index contributed by atoms with van der Waals surface area (Å²) in [6.07, 6.45) is 6.69. The van der Waals surface area contributed by atoms with Crippen molar-refractivity contribution in [3.05, 3.63) is 30.1 Å². The molecule has 0 saturated carbocycles. The summed E-state index contributed by atoms with van der Waals surface area (Å²) in [4.78, 5) is 18.2. The van der Waals surface area contributed by atoms with Crippen molar-refractivity contribution >= 4 is 5.91 Å². The number of nitrogens with zero attached hydrogens (tertiary/aromatic N) is 2. The van der Waals surface area contributed by atoms with Crippen molar-refractivity contribution < 1.29 is 4.79 Å². The Labute approximate surface area is 121 Å². The maximum absolute atomic E-state index is 12.3. The third kappa shape index (κ3) is 4.30. The first-order chi connectivity index (χ1) is 9.66. The molecular weight excluding hydrogens is 250 g/mol. The molecule has 2 unspecified atom stereocenters. The Morgan fingerprint density at radius 2 is 2.45 bits per heavy atom. The van der Waals surface area contributed by atoms with Gasteiger partial charge in [0.1, 0.15) is 0 Å². The Morgan fingerprint density at radius 3 is 3.10 bits per heavy atom. The van der Waals surface area contributed by atoms with E-state index in [4.69, 9.17) is 0 Å². The topological polar surface area (TPSA) is 45.2 Å². The second-order valence-electron chi connectivity index (χ2n) is 5.90. The third-order valence-corrected chi connectivity index (χ3v) is 4.20. The minimum Gasteiger partial charge on any atom is -0.341 e. The van der Waals surface area contributed by atoms with E-state index in [0.717, 1.165) is 18.7 Å². The zero-order valence-electron chi connectivity index (χ0n) is 12.5. The van der Waals surface area contributed by atoms with E-state index < -0.39 is 0 Å². The lowest BCUT2D eigenvalue weighted by Crippen LogP contribution is -2.36. The number of amides is 1. The van der Waals surface area contributed by atoms with Gasteiger partial charge in [0.2, 0.25) is 5.91 Å². The number of carbonyl (C=O) groups is 1. The summed E-state index contributed by atoms with van der Waals surface area (Å²) in [7, 11) is 1.88. The molecule has 4 nitrogen and oxygen atoms in total. The minimum atomic E-state index is 0.229. The van der Waals surface area contributed by atoms with Gasteiger partial charge in [0.25, 0.3) is 0 Å². The van der Waals surface area contributed by atoms with Crippen LogP contribution in [0.4, 0.5) is 0 Å². The Bertz CT molecular complexity index is 415. The molecule has 110 valence electrons. The van der Waals surface area contributed by atoms with Gasteiger partial charge >= 0.3 is 0 Å². The number of pyridine rings is 1. The van der Waals surface area contributed by atoms with Gasteiger partial charge in [0, 0.05) is 32.4 Å². The Kier molecular flexibility index (Phi) is 5.53. The van der Waals surface area contributed by atoms with Crippen LogP contribution in [0.2, 0.25) is 0 Å². The molecule has 1 fully saturated rings. The van der Waals surface area contributed by atoms with Gasteiger partial charge in [-0.2, -0.15) is 0 Å². The van der Waals surface area contributed by atoms with Crippen LogP contribution in [-0.4, -0.2) is 35.9 Å². The number of hydrogen-bond acceptors (Lipinski definition) is 3. The average molecular weight is 275 g/mol. The molecule has 1 aliphatic heterocycles. The molecule has 0 bridgehead atoms. The van der Waals surface area contributed by atoms with Gasteiger partial charge in [0.05, 0.1) is 0 Å². The highest BCUT2D eigenvalue weighted by atomic mass is 16.2. The fraction of sp³-hybridized carbons (Fsp3) is 0.625. The van der Waals surface area contributed by atoms with E-state index in [2.05, 4.69) is 17.2 Å². The third-order valence-electron chi connectivity index (χ3n) is 4.20. The largest absolute Gasteiger partial charge is 0.341 e. The lowest BCUT2D eigenvalue weighted by molar-refractivity contribution is -0.131. The summed E-state index contributed by atoms with van der Waals surface area (Å²) in [5.41, 5.74) is 1.08. The molecule has 2 rings (SSSR count). The molecule has 1 saturated heterocycles. The zero-order chi connectivity index (χ0) is 14.4. The summed E-state index contributed by atoms with van der Waals surface area (Å²) in [6, 6.07) is 3.91. The highest BCUT2D eigenvalue weighted by molar-refractivity contribution is 5.76. The molecule has 1 N–H and O–H groups in total. The fourth-order valence-electron chi connectivity index (χ4n) is 2.82. The van der Waals surface area contributed by atoms with Gasteiger partial charge in [-0.15, -0.1) is 0 Å². The molecule has 20 heavy (non-hydrogen) atoms. The summed E-state index contributed by atoms with van der Waals surface area (Å²) < 4.78 is 0. The number of piperidine rings is 1. The number of carbonyl (C=O) groups excluding carboxylic acids is 1. The lowest BCUT2D eigenvalue weighted by atomic mass is 9.85. The maximum Gasteiger partial charge on any atom is 0.222 e. The van der Waals surface area contributed by atoms with Gasteiger partial charge in [-0.1, -0.05) is 13.0 Å². The highest BCUT2D eigenvalue weighted by Crippen LogP contribution is 2.23. The molecule has 0 aliphatic carbocycles. The molecule has 1 aromatic heterocycles. The van der Waals surface area contributed by atoms with Gasteiger partial charge in [-0.25, -0.2) is 0 Å². The number of hydrogen-bond donors (Lipinski definition) is 1. The fourth-order valence-corrected chi connectivity index (χ4v) is 2.82. The standard InChI is InChI=1S/C16H25N3O/c1-13(15-6-4-8-18-11-15)9-16(20)19(2)12-14-5-3-7-17-10-14/h3,5,7,10,13,15,18H,4,6,8-9,11-12H2,1-2H3. The van der Waals surface area contributed by atoms with Crippen molar-refractivity contribution in [1.82, 2.24) is 15.2 Å². The van der Waals surface area contributed by atoms with Crippen molar-refractivity contribution in [2.24, 2.45) is 11.8 Å². The molecule has 0 spiro atoms. The minimum absolute atomic E-state index is 0.229. The molecule has 2 atom stereocenters.